The zero-order valence-electron chi connectivity index (χ0n) is 17.0. The van der Waals surface area contributed by atoms with Gasteiger partial charge in [-0.2, -0.15) is 13.2 Å². The van der Waals surface area contributed by atoms with Crippen molar-refractivity contribution in [2.75, 3.05) is 5.32 Å². The first-order valence-electron chi connectivity index (χ1n) is 10.4. The maximum Gasteiger partial charge on any atom is 0.393 e. The van der Waals surface area contributed by atoms with Crippen LogP contribution in [0.5, 0.6) is 0 Å². The van der Waals surface area contributed by atoms with E-state index in [0.717, 1.165) is 17.7 Å². The van der Waals surface area contributed by atoms with Crippen molar-refractivity contribution in [3.8, 4) is 0 Å². The molecule has 4 N–H and O–H groups in total. The number of hydrogen-bond donors (Lipinski definition) is 3. The van der Waals surface area contributed by atoms with Gasteiger partial charge in [0, 0.05) is 22.2 Å². The lowest BCUT2D eigenvalue weighted by molar-refractivity contribution is -0.127. The van der Waals surface area contributed by atoms with Crippen molar-refractivity contribution in [3.05, 3.63) is 99.1 Å². The monoisotopic (exact) mass is 455 g/mol. The molecule has 3 aromatic rings. The molecular formula is C25H21ClF3N3. The first-order valence-corrected chi connectivity index (χ1v) is 10.8. The Bertz CT molecular complexity index is 1220. The summed E-state index contributed by atoms with van der Waals surface area (Å²) >= 11 is 6.53. The quantitative estimate of drug-likeness (QED) is 0.325. The van der Waals surface area contributed by atoms with Crippen LogP contribution in [0.1, 0.15) is 45.3 Å². The van der Waals surface area contributed by atoms with Crippen molar-refractivity contribution >= 4 is 23.1 Å². The van der Waals surface area contributed by atoms with Crippen LogP contribution in [0, 0.1) is 11.3 Å². The van der Waals surface area contributed by atoms with Crippen molar-refractivity contribution in [2.24, 2.45) is 11.7 Å². The van der Waals surface area contributed by atoms with Gasteiger partial charge < -0.3 is 11.1 Å². The van der Waals surface area contributed by atoms with Crippen LogP contribution >= 0.6 is 11.6 Å². The van der Waals surface area contributed by atoms with Gasteiger partial charge in [-0.05, 0) is 64.4 Å². The van der Waals surface area contributed by atoms with Gasteiger partial charge in [0.25, 0.3) is 0 Å². The van der Waals surface area contributed by atoms with E-state index < -0.39 is 12.6 Å². The Hall–Kier alpha value is -2.99. The van der Waals surface area contributed by atoms with E-state index in [1.807, 2.05) is 24.3 Å². The minimum Gasteiger partial charge on any atom is -0.384 e. The summed E-state index contributed by atoms with van der Waals surface area (Å²) in [6.07, 6.45) is -4.49. The van der Waals surface area contributed by atoms with E-state index in [0.29, 0.717) is 16.1 Å². The maximum atomic E-state index is 13.0. The third-order valence-electron chi connectivity index (χ3n) is 6.51. The molecule has 164 valence electrons. The molecule has 0 saturated carbocycles. The molecule has 0 radical (unpaired) electrons. The first kappa shape index (κ1) is 20.9. The van der Waals surface area contributed by atoms with Gasteiger partial charge >= 0.3 is 6.18 Å². The smallest absolute Gasteiger partial charge is 0.384 e. The van der Waals surface area contributed by atoms with E-state index in [1.54, 1.807) is 18.2 Å². The second kappa shape index (κ2) is 7.55. The predicted octanol–water partition coefficient (Wildman–Crippen LogP) is 6.20. The van der Waals surface area contributed by atoms with E-state index in [9.17, 15) is 13.2 Å². The fraction of sp³-hybridized carbons (Fsp3) is 0.240. The number of fused-ring (bicyclic) bond motifs is 5. The highest BCUT2D eigenvalue weighted by atomic mass is 35.5. The Kier molecular flexibility index (Phi) is 4.93. The number of alkyl halides is 3. The molecule has 7 heteroatoms. The van der Waals surface area contributed by atoms with Crippen LogP contribution in [0.3, 0.4) is 0 Å². The zero-order chi connectivity index (χ0) is 22.6. The van der Waals surface area contributed by atoms with Gasteiger partial charge in [0.1, 0.15) is 5.84 Å². The van der Waals surface area contributed by atoms with Crippen LogP contribution in [-0.4, -0.2) is 12.0 Å². The van der Waals surface area contributed by atoms with Gasteiger partial charge in [0.2, 0.25) is 0 Å². The van der Waals surface area contributed by atoms with E-state index in [2.05, 4.69) is 17.4 Å². The molecule has 1 aliphatic heterocycles. The summed E-state index contributed by atoms with van der Waals surface area (Å²) in [6.45, 7) is 0. The molecule has 0 amide bonds. The highest BCUT2D eigenvalue weighted by molar-refractivity contribution is 6.31. The van der Waals surface area contributed by atoms with Crippen LogP contribution in [0.2, 0.25) is 5.02 Å². The average Bonchev–Trinajstić information content (AvgIpc) is 3.13. The molecule has 0 spiro atoms. The number of amidine groups is 1. The molecular weight excluding hydrogens is 435 g/mol. The molecule has 0 fully saturated rings. The van der Waals surface area contributed by atoms with Crippen molar-refractivity contribution in [2.45, 2.75) is 31.0 Å². The second-order valence-electron chi connectivity index (χ2n) is 8.53. The molecule has 3 nitrogen and oxygen atoms in total. The molecule has 32 heavy (non-hydrogen) atoms. The fourth-order valence-electron chi connectivity index (χ4n) is 5.21. The van der Waals surface area contributed by atoms with Gasteiger partial charge in [-0.3, -0.25) is 5.41 Å². The highest BCUT2D eigenvalue weighted by Crippen LogP contribution is 2.54. The molecule has 0 aromatic heterocycles. The minimum atomic E-state index is -4.28. The van der Waals surface area contributed by atoms with Crippen molar-refractivity contribution in [1.82, 2.24) is 0 Å². The lowest BCUT2D eigenvalue weighted by Gasteiger charge is -2.38. The zero-order valence-corrected chi connectivity index (χ0v) is 17.8. The van der Waals surface area contributed by atoms with E-state index in [1.165, 1.54) is 17.2 Å². The topological polar surface area (TPSA) is 61.9 Å². The van der Waals surface area contributed by atoms with Crippen molar-refractivity contribution in [1.29, 1.82) is 5.41 Å². The molecule has 3 atom stereocenters. The largest absolute Gasteiger partial charge is 0.393 e. The summed E-state index contributed by atoms with van der Waals surface area (Å²) in [5, 5.41) is 11.8. The molecule has 3 aromatic carbocycles. The minimum absolute atomic E-state index is 0.000604. The fourth-order valence-corrected chi connectivity index (χ4v) is 5.44. The Morgan fingerprint density at radius 3 is 2.56 bits per heavy atom. The number of nitrogens with two attached hydrogens (primary N) is 1. The standard InChI is InChI=1S/C25H21ClF3N3/c26-20-7-5-13(12-25(27,28)29)9-17(20)23-19-10-14-3-1-2-4-16(14)22(19)18-11-15(24(30)31)6-8-21(18)32-23/h1-9,11,19,22-23,32H,10,12H2,(H3,30,31). The van der Waals surface area contributed by atoms with Crippen molar-refractivity contribution < 1.29 is 13.2 Å². The number of anilines is 1. The lowest BCUT2D eigenvalue weighted by Crippen LogP contribution is -2.31. The lowest BCUT2D eigenvalue weighted by atomic mass is 9.75. The van der Waals surface area contributed by atoms with Gasteiger partial charge in [-0.25, -0.2) is 0 Å². The van der Waals surface area contributed by atoms with E-state index in [-0.39, 0.29) is 29.3 Å². The number of nitrogens with one attached hydrogen (secondary N) is 2. The summed E-state index contributed by atoms with van der Waals surface area (Å²) < 4.78 is 39.1. The van der Waals surface area contributed by atoms with Crippen LogP contribution < -0.4 is 11.1 Å². The average molecular weight is 456 g/mol. The van der Waals surface area contributed by atoms with E-state index >= 15 is 0 Å². The molecule has 0 bridgehead atoms. The number of hydrogen-bond acceptors (Lipinski definition) is 2. The normalized spacial score (nSPS) is 21.3. The summed E-state index contributed by atoms with van der Waals surface area (Å²) in [5.74, 6) is 0.107. The Balaban J connectivity index is 1.64. The third kappa shape index (κ3) is 3.62. The number of halogens is 4. The molecule has 5 rings (SSSR count). The summed E-state index contributed by atoms with van der Waals surface area (Å²) in [4.78, 5) is 0. The van der Waals surface area contributed by atoms with E-state index in [4.69, 9.17) is 22.7 Å². The first-order chi connectivity index (χ1) is 15.2. The SMILES string of the molecule is N=C(N)c1ccc2c(c1)C1c3ccccc3CC1C(c1cc(CC(F)(F)F)ccc1Cl)N2. The summed E-state index contributed by atoms with van der Waals surface area (Å²) in [7, 11) is 0. The Morgan fingerprint density at radius 1 is 1.03 bits per heavy atom. The summed E-state index contributed by atoms with van der Waals surface area (Å²) in [6, 6.07) is 18.2. The van der Waals surface area contributed by atoms with Crippen LogP contribution in [0.4, 0.5) is 18.9 Å². The molecule has 1 heterocycles. The predicted molar refractivity (Wildman–Crippen MR) is 121 cm³/mol. The molecule has 3 unspecified atom stereocenters. The number of nitrogen functional groups attached to an aromatic ring is 1. The van der Waals surface area contributed by atoms with Crippen LogP contribution in [0.15, 0.2) is 60.7 Å². The summed E-state index contributed by atoms with van der Waals surface area (Å²) in [5.41, 5.74) is 11.6. The van der Waals surface area contributed by atoms with Gasteiger partial charge in [-0.15, -0.1) is 0 Å². The maximum absolute atomic E-state index is 13.0. The molecule has 2 aliphatic rings. The molecule has 1 aliphatic carbocycles. The number of rotatable bonds is 3. The van der Waals surface area contributed by atoms with Gasteiger partial charge in [-0.1, -0.05) is 48.0 Å². The van der Waals surface area contributed by atoms with Crippen LogP contribution in [0.25, 0.3) is 0 Å². The third-order valence-corrected chi connectivity index (χ3v) is 6.85. The Morgan fingerprint density at radius 2 is 1.81 bits per heavy atom. The Labute approximate surface area is 188 Å². The number of benzene rings is 3. The van der Waals surface area contributed by atoms with Crippen LogP contribution in [-0.2, 0) is 12.8 Å². The van der Waals surface area contributed by atoms with Gasteiger partial charge in [0.05, 0.1) is 12.5 Å². The van der Waals surface area contributed by atoms with Gasteiger partial charge in [0.15, 0.2) is 0 Å². The molecule has 0 saturated heterocycles. The van der Waals surface area contributed by atoms with Crippen molar-refractivity contribution in [3.63, 3.8) is 0 Å². The second-order valence-corrected chi connectivity index (χ2v) is 8.94. The highest BCUT2D eigenvalue weighted by Gasteiger charge is 2.44.